The first kappa shape index (κ1) is 15.2. The van der Waals surface area contributed by atoms with Crippen LogP contribution in [0.2, 0.25) is 0 Å². The lowest BCUT2D eigenvalue weighted by atomic mass is 10.2. The predicted molar refractivity (Wildman–Crippen MR) is 89.4 cm³/mol. The molecule has 114 valence electrons. The first-order valence-electron chi connectivity index (χ1n) is 6.92. The summed E-state index contributed by atoms with van der Waals surface area (Å²) in [5, 5.41) is 0.768. The normalized spacial score (nSPS) is 16.6. The molecule has 0 atom stereocenters. The summed E-state index contributed by atoms with van der Waals surface area (Å²) in [5.41, 5.74) is 1.86. The molecule has 0 fully saturated rings. The first-order chi connectivity index (χ1) is 10.5. The Morgan fingerprint density at radius 1 is 1.18 bits per heavy atom. The van der Waals surface area contributed by atoms with E-state index in [9.17, 15) is 9.59 Å². The predicted octanol–water partition coefficient (Wildman–Crippen LogP) is 3.90. The zero-order chi connectivity index (χ0) is 15.9. The van der Waals surface area contributed by atoms with E-state index in [1.54, 1.807) is 13.8 Å². The van der Waals surface area contributed by atoms with Crippen LogP contribution in [0.1, 0.15) is 20.8 Å². The van der Waals surface area contributed by atoms with Gasteiger partial charge in [-0.3, -0.25) is 4.79 Å². The number of para-hydroxylation sites is 1. The molecule has 0 unspecified atom stereocenters. The van der Waals surface area contributed by atoms with Gasteiger partial charge in [0.25, 0.3) is 0 Å². The quantitative estimate of drug-likeness (QED) is 0.782. The van der Waals surface area contributed by atoms with Crippen LogP contribution in [0.3, 0.4) is 0 Å². The molecule has 2 aliphatic rings. The number of anilines is 1. The van der Waals surface area contributed by atoms with E-state index in [1.165, 1.54) is 23.5 Å². The van der Waals surface area contributed by atoms with Crippen LogP contribution in [0, 0.1) is 0 Å². The highest BCUT2D eigenvalue weighted by Gasteiger charge is 2.38. The number of carbonyl (C=O) groups excluding carboxylic acids is 2. The second kappa shape index (κ2) is 5.85. The van der Waals surface area contributed by atoms with Crippen LogP contribution < -0.4 is 4.90 Å². The van der Waals surface area contributed by atoms with Crippen molar-refractivity contribution in [2.45, 2.75) is 25.7 Å². The van der Waals surface area contributed by atoms with Crippen LogP contribution in [0.15, 0.2) is 49.7 Å². The number of thioether (sulfide) groups is 2. The molecule has 0 spiro atoms. The Morgan fingerprint density at radius 2 is 1.91 bits per heavy atom. The van der Waals surface area contributed by atoms with Crippen molar-refractivity contribution < 1.29 is 14.3 Å². The fourth-order valence-electron chi connectivity index (χ4n) is 2.44. The lowest BCUT2D eigenvalue weighted by Gasteiger charge is -2.29. The molecule has 22 heavy (non-hydrogen) atoms. The molecule has 0 amide bonds. The van der Waals surface area contributed by atoms with Crippen molar-refractivity contribution in [3.63, 3.8) is 0 Å². The van der Waals surface area contributed by atoms with Crippen LogP contribution >= 0.6 is 23.5 Å². The third-order valence-electron chi connectivity index (χ3n) is 3.36. The number of nitrogens with zero attached hydrogens (tertiary/aromatic N) is 1. The molecule has 0 saturated heterocycles. The number of allylic oxidation sites excluding steroid dienone is 2. The van der Waals surface area contributed by atoms with E-state index in [0.717, 1.165) is 21.3 Å². The molecule has 0 N–H and O–H groups in total. The molecule has 2 aliphatic heterocycles. The number of benzene rings is 1. The van der Waals surface area contributed by atoms with Crippen molar-refractivity contribution in [1.29, 1.82) is 0 Å². The molecule has 2 heterocycles. The Labute approximate surface area is 137 Å². The second-order valence-electron chi connectivity index (χ2n) is 4.83. The summed E-state index contributed by atoms with van der Waals surface area (Å²) in [7, 11) is 0. The summed E-state index contributed by atoms with van der Waals surface area (Å²) in [6.07, 6.45) is 0. The van der Waals surface area contributed by atoms with E-state index in [2.05, 4.69) is 0 Å². The minimum Gasteiger partial charge on any atom is -0.462 e. The van der Waals surface area contributed by atoms with Crippen molar-refractivity contribution in [3.05, 3.63) is 44.8 Å². The van der Waals surface area contributed by atoms with Gasteiger partial charge in [0.15, 0.2) is 5.78 Å². The van der Waals surface area contributed by atoms with Crippen molar-refractivity contribution in [1.82, 2.24) is 0 Å². The van der Waals surface area contributed by atoms with Crippen LogP contribution in [-0.2, 0) is 14.3 Å². The fraction of sp³-hybridized carbons (Fsp3) is 0.250. The highest BCUT2D eigenvalue weighted by atomic mass is 32.2. The standard InChI is InChI=1S/C16H15NO3S2/c1-4-20-16(19)14-15-17(9(2)13(22-15)10(3)18)11-7-5-6-8-12(11)21-14/h5-8H,4H2,1-3H3. The average molecular weight is 333 g/mol. The Bertz CT molecular complexity index is 737. The minimum absolute atomic E-state index is 0.00934. The summed E-state index contributed by atoms with van der Waals surface area (Å²) >= 11 is 2.75. The highest BCUT2D eigenvalue weighted by Crippen LogP contribution is 2.54. The van der Waals surface area contributed by atoms with Crippen LogP contribution in [0.5, 0.6) is 0 Å². The Kier molecular flexibility index (Phi) is 4.06. The maximum absolute atomic E-state index is 12.3. The van der Waals surface area contributed by atoms with E-state index >= 15 is 0 Å². The lowest BCUT2D eigenvalue weighted by Crippen LogP contribution is -2.22. The van der Waals surface area contributed by atoms with Gasteiger partial charge in [-0.25, -0.2) is 4.79 Å². The smallest absolute Gasteiger partial charge is 0.347 e. The molecule has 0 aromatic heterocycles. The van der Waals surface area contributed by atoms with Crippen molar-refractivity contribution >= 4 is 41.0 Å². The molecular formula is C16H15NO3S2. The molecule has 3 rings (SSSR count). The zero-order valence-electron chi connectivity index (χ0n) is 12.5. The van der Waals surface area contributed by atoms with Crippen molar-refractivity contribution in [2.24, 2.45) is 0 Å². The van der Waals surface area contributed by atoms with Crippen LogP contribution in [-0.4, -0.2) is 18.4 Å². The van der Waals surface area contributed by atoms with Gasteiger partial charge in [0.1, 0.15) is 9.93 Å². The molecule has 0 saturated carbocycles. The third kappa shape index (κ3) is 2.36. The molecule has 4 nitrogen and oxygen atoms in total. The Hall–Kier alpha value is -1.66. The first-order valence-corrected chi connectivity index (χ1v) is 8.56. The SMILES string of the molecule is CCOC(=O)C1=C2SC(C(C)=O)=C(C)N2c2ccccc2S1. The van der Waals surface area contributed by atoms with E-state index in [4.69, 9.17) is 4.74 Å². The number of esters is 1. The molecule has 0 aliphatic carbocycles. The molecular weight excluding hydrogens is 318 g/mol. The largest absolute Gasteiger partial charge is 0.462 e. The number of carbonyl (C=O) groups is 2. The lowest BCUT2D eigenvalue weighted by molar-refractivity contribution is -0.137. The summed E-state index contributed by atoms with van der Waals surface area (Å²) < 4.78 is 5.17. The highest BCUT2D eigenvalue weighted by molar-refractivity contribution is 8.10. The van der Waals surface area contributed by atoms with Gasteiger partial charge < -0.3 is 9.64 Å². The number of Topliss-reactive ketones (excluding diaryl/α,β-unsaturated/α-hetero) is 1. The number of hydrogen-bond donors (Lipinski definition) is 0. The Balaban J connectivity index is 2.16. The van der Waals surface area contributed by atoms with Gasteiger partial charge >= 0.3 is 5.97 Å². The van der Waals surface area contributed by atoms with Gasteiger partial charge in [0.05, 0.1) is 17.2 Å². The van der Waals surface area contributed by atoms with Gasteiger partial charge in [0.2, 0.25) is 0 Å². The van der Waals surface area contributed by atoms with Crippen molar-refractivity contribution in [3.8, 4) is 0 Å². The number of fused-ring (bicyclic) bond motifs is 3. The summed E-state index contributed by atoms with van der Waals surface area (Å²) in [5.74, 6) is -0.331. The van der Waals surface area contributed by atoms with E-state index in [-0.39, 0.29) is 11.8 Å². The average Bonchev–Trinajstić information content (AvgIpc) is 2.85. The van der Waals surface area contributed by atoms with Gasteiger partial charge in [0, 0.05) is 10.6 Å². The summed E-state index contributed by atoms with van der Waals surface area (Å²) in [4.78, 5) is 28.3. The monoisotopic (exact) mass is 333 g/mol. The molecule has 0 bridgehead atoms. The molecule has 6 heteroatoms. The van der Waals surface area contributed by atoms with E-state index in [0.29, 0.717) is 16.4 Å². The number of hydrogen-bond acceptors (Lipinski definition) is 6. The van der Waals surface area contributed by atoms with Gasteiger partial charge in [-0.2, -0.15) is 0 Å². The zero-order valence-corrected chi connectivity index (χ0v) is 14.1. The second-order valence-corrected chi connectivity index (χ2v) is 6.88. The number of rotatable bonds is 3. The third-order valence-corrected chi connectivity index (χ3v) is 5.98. The molecule has 0 radical (unpaired) electrons. The minimum atomic E-state index is -0.341. The maximum atomic E-state index is 12.3. The van der Waals surface area contributed by atoms with Gasteiger partial charge in [-0.1, -0.05) is 35.7 Å². The van der Waals surface area contributed by atoms with E-state index in [1.807, 2.05) is 36.1 Å². The number of ketones is 1. The van der Waals surface area contributed by atoms with Crippen LogP contribution in [0.4, 0.5) is 5.69 Å². The van der Waals surface area contributed by atoms with E-state index < -0.39 is 0 Å². The summed E-state index contributed by atoms with van der Waals surface area (Å²) in [6.45, 7) is 5.57. The Morgan fingerprint density at radius 3 is 2.59 bits per heavy atom. The van der Waals surface area contributed by atoms with Crippen LogP contribution in [0.25, 0.3) is 0 Å². The maximum Gasteiger partial charge on any atom is 0.347 e. The molecule has 1 aromatic rings. The summed E-state index contributed by atoms with van der Waals surface area (Å²) in [6, 6.07) is 7.86. The molecule has 1 aromatic carbocycles. The fourth-order valence-corrected chi connectivity index (χ4v) is 4.72. The topological polar surface area (TPSA) is 46.6 Å². The number of ether oxygens (including phenoxy) is 1. The van der Waals surface area contributed by atoms with Crippen molar-refractivity contribution in [2.75, 3.05) is 11.5 Å². The van der Waals surface area contributed by atoms with Gasteiger partial charge in [-0.05, 0) is 32.9 Å². The van der Waals surface area contributed by atoms with Gasteiger partial charge in [-0.15, -0.1) is 0 Å².